The molecule has 0 spiro atoms. The molecule has 2 aromatic heterocycles. The molecule has 1 unspecified atom stereocenters. The molecule has 1 aliphatic heterocycles. The quantitative estimate of drug-likeness (QED) is 0.429. The number of fused-ring (bicyclic) bond motifs is 2. The van der Waals surface area contributed by atoms with Crippen LogP contribution in [0.5, 0.6) is 0 Å². The standard InChI is InChI=1S/C24H28ClN5O3S/c1-30-7-6-18-21(11-30)34-24(29-18)23(33)28-19-8-13(12-31)2-4-17(19)27-22(32)20-10-14-9-15(25)3-5-16(14)26-20/h3,5,9-10,13,17,19,26,31H,2,4,6-8,11-12H2,1H3,(H,27,32)(H,28,33)/t13-,17?,19+/m0/s1. The van der Waals surface area contributed by atoms with Crippen molar-refractivity contribution in [2.24, 2.45) is 5.92 Å². The molecule has 10 heteroatoms. The summed E-state index contributed by atoms with van der Waals surface area (Å²) < 4.78 is 0. The van der Waals surface area contributed by atoms with Crippen molar-refractivity contribution in [2.45, 2.75) is 44.3 Å². The fraction of sp³-hybridized carbons (Fsp3) is 0.458. The zero-order valence-electron chi connectivity index (χ0n) is 18.9. The van der Waals surface area contributed by atoms with Gasteiger partial charge in [0.25, 0.3) is 11.8 Å². The number of aromatic nitrogens is 2. The minimum absolute atomic E-state index is 0.0632. The Morgan fingerprint density at radius 1 is 1.24 bits per heavy atom. The van der Waals surface area contributed by atoms with Gasteiger partial charge in [-0.2, -0.15) is 0 Å². The lowest BCUT2D eigenvalue weighted by Crippen LogP contribution is -2.55. The van der Waals surface area contributed by atoms with Gasteiger partial charge >= 0.3 is 0 Å². The van der Waals surface area contributed by atoms with E-state index in [2.05, 4.69) is 32.5 Å². The van der Waals surface area contributed by atoms with Crippen LogP contribution in [0, 0.1) is 5.92 Å². The van der Waals surface area contributed by atoms with E-state index in [1.807, 2.05) is 12.1 Å². The van der Waals surface area contributed by atoms with Gasteiger partial charge in [-0.05, 0) is 56.5 Å². The Labute approximate surface area is 206 Å². The van der Waals surface area contributed by atoms with E-state index in [1.165, 1.54) is 11.3 Å². The van der Waals surface area contributed by atoms with Crippen LogP contribution in [-0.2, 0) is 13.0 Å². The van der Waals surface area contributed by atoms with Crippen molar-refractivity contribution in [1.82, 2.24) is 25.5 Å². The molecule has 0 saturated heterocycles. The molecular formula is C24H28ClN5O3S. The van der Waals surface area contributed by atoms with E-state index in [4.69, 9.17) is 11.6 Å². The molecule has 3 heterocycles. The van der Waals surface area contributed by atoms with Gasteiger partial charge in [-0.15, -0.1) is 11.3 Å². The number of nitrogens with one attached hydrogen (secondary N) is 3. The van der Waals surface area contributed by atoms with Gasteiger partial charge in [0.1, 0.15) is 5.69 Å². The number of hydrogen-bond acceptors (Lipinski definition) is 6. The molecule has 4 N–H and O–H groups in total. The van der Waals surface area contributed by atoms with Crippen LogP contribution in [0.3, 0.4) is 0 Å². The summed E-state index contributed by atoms with van der Waals surface area (Å²) >= 11 is 7.51. The highest BCUT2D eigenvalue weighted by molar-refractivity contribution is 7.13. The second-order valence-electron chi connectivity index (χ2n) is 9.31. The Hall–Kier alpha value is -2.46. The van der Waals surface area contributed by atoms with Crippen molar-refractivity contribution in [1.29, 1.82) is 0 Å². The van der Waals surface area contributed by atoms with Crippen LogP contribution in [0.15, 0.2) is 24.3 Å². The van der Waals surface area contributed by atoms with Crippen LogP contribution in [0.25, 0.3) is 10.9 Å². The first-order valence-corrected chi connectivity index (χ1v) is 12.8. The number of amides is 2. The van der Waals surface area contributed by atoms with Gasteiger partial charge in [0, 0.05) is 59.0 Å². The zero-order chi connectivity index (χ0) is 23.8. The highest BCUT2D eigenvalue weighted by atomic mass is 35.5. The van der Waals surface area contributed by atoms with Crippen LogP contribution < -0.4 is 10.6 Å². The van der Waals surface area contributed by atoms with Crippen molar-refractivity contribution < 1.29 is 14.7 Å². The Morgan fingerprint density at radius 2 is 2.06 bits per heavy atom. The fourth-order valence-corrected chi connectivity index (χ4v) is 6.15. The lowest BCUT2D eigenvalue weighted by molar-refractivity contribution is 0.0815. The van der Waals surface area contributed by atoms with E-state index >= 15 is 0 Å². The van der Waals surface area contributed by atoms with Crippen LogP contribution in [-0.4, -0.2) is 64.1 Å². The molecule has 180 valence electrons. The lowest BCUT2D eigenvalue weighted by Gasteiger charge is -2.36. The minimum Gasteiger partial charge on any atom is -0.396 e. The molecule has 0 bridgehead atoms. The van der Waals surface area contributed by atoms with Crippen molar-refractivity contribution >= 4 is 45.7 Å². The number of benzene rings is 1. The third-order valence-electron chi connectivity index (χ3n) is 6.79. The van der Waals surface area contributed by atoms with Crippen LogP contribution in [0.1, 0.15) is 50.1 Å². The van der Waals surface area contributed by atoms with E-state index < -0.39 is 0 Å². The number of aliphatic hydroxyl groups is 1. The third kappa shape index (κ3) is 4.84. The summed E-state index contributed by atoms with van der Waals surface area (Å²) in [6, 6.07) is 6.68. The van der Waals surface area contributed by atoms with Crippen LogP contribution >= 0.6 is 22.9 Å². The lowest BCUT2D eigenvalue weighted by atomic mass is 9.82. The number of H-pyrrole nitrogens is 1. The predicted molar refractivity (Wildman–Crippen MR) is 132 cm³/mol. The van der Waals surface area contributed by atoms with E-state index in [-0.39, 0.29) is 36.4 Å². The summed E-state index contributed by atoms with van der Waals surface area (Å²) in [6.07, 6.45) is 2.91. The Balaban J connectivity index is 1.30. The smallest absolute Gasteiger partial charge is 0.280 e. The van der Waals surface area contributed by atoms with E-state index in [0.717, 1.165) is 47.4 Å². The number of carbonyl (C=O) groups is 2. The molecule has 1 fully saturated rings. The number of carbonyl (C=O) groups excluding carboxylic acids is 2. The Kier molecular flexibility index (Phi) is 6.61. The second kappa shape index (κ2) is 9.65. The second-order valence-corrected chi connectivity index (χ2v) is 10.8. The summed E-state index contributed by atoms with van der Waals surface area (Å²) in [5.41, 5.74) is 2.29. The molecule has 5 rings (SSSR count). The maximum absolute atomic E-state index is 13.1. The van der Waals surface area contributed by atoms with Gasteiger partial charge < -0.3 is 25.6 Å². The molecule has 2 amide bonds. The van der Waals surface area contributed by atoms with Crippen molar-refractivity contribution in [3.8, 4) is 0 Å². The maximum atomic E-state index is 13.1. The summed E-state index contributed by atoms with van der Waals surface area (Å²) in [6.45, 7) is 1.81. The highest BCUT2D eigenvalue weighted by Gasteiger charge is 2.34. The van der Waals surface area contributed by atoms with Gasteiger partial charge in [0.05, 0.1) is 5.69 Å². The normalized spacial score (nSPS) is 23.0. The molecule has 0 radical (unpaired) electrons. The first-order valence-electron chi connectivity index (χ1n) is 11.6. The van der Waals surface area contributed by atoms with Crippen LogP contribution in [0.2, 0.25) is 5.02 Å². The number of nitrogens with zero attached hydrogens (tertiary/aromatic N) is 2. The molecule has 1 aliphatic carbocycles. The predicted octanol–water partition coefficient (Wildman–Crippen LogP) is 2.96. The number of likely N-dealkylation sites (N-methyl/N-ethyl adjacent to an activating group) is 1. The number of rotatable bonds is 5. The number of aromatic amines is 1. The molecule has 1 aromatic carbocycles. The highest BCUT2D eigenvalue weighted by Crippen LogP contribution is 2.28. The molecular weight excluding hydrogens is 474 g/mol. The van der Waals surface area contributed by atoms with Gasteiger partial charge in [-0.1, -0.05) is 11.6 Å². The number of hydrogen-bond donors (Lipinski definition) is 4. The van der Waals surface area contributed by atoms with Crippen LogP contribution in [0.4, 0.5) is 0 Å². The van der Waals surface area contributed by atoms with E-state index in [0.29, 0.717) is 28.6 Å². The molecule has 3 atom stereocenters. The average Bonchev–Trinajstić information content (AvgIpc) is 3.43. The fourth-order valence-electron chi connectivity index (χ4n) is 4.88. The van der Waals surface area contributed by atoms with Gasteiger partial charge in [0.2, 0.25) is 0 Å². The zero-order valence-corrected chi connectivity index (χ0v) is 20.5. The van der Waals surface area contributed by atoms with E-state index in [9.17, 15) is 14.7 Å². The van der Waals surface area contributed by atoms with E-state index in [1.54, 1.807) is 12.1 Å². The summed E-state index contributed by atoms with van der Waals surface area (Å²) in [4.78, 5) is 37.2. The number of aliphatic hydroxyl groups excluding tert-OH is 1. The topological polar surface area (TPSA) is 110 Å². The van der Waals surface area contributed by atoms with Gasteiger partial charge in [0.15, 0.2) is 5.01 Å². The summed E-state index contributed by atoms with van der Waals surface area (Å²) in [7, 11) is 2.06. The minimum atomic E-state index is -0.287. The molecule has 34 heavy (non-hydrogen) atoms. The summed E-state index contributed by atoms with van der Waals surface area (Å²) in [5, 5.41) is 17.8. The Bertz CT molecular complexity index is 1220. The first kappa shape index (κ1) is 23.3. The number of halogens is 1. The molecule has 8 nitrogen and oxygen atoms in total. The van der Waals surface area contributed by atoms with Gasteiger partial charge in [-0.25, -0.2) is 4.98 Å². The summed E-state index contributed by atoms with van der Waals surface area (Å²) in [5.74, 6) is -0.358. The monoisotopic (exact) mass is 501 g/mol. The maximum Gasteiger partial charge on any atom is 0.280 e. The van der Waals surface area contributed by atoms with Gasteiger partial charge in [-0.3, -0.25) is 9.59 Å². The number of thiazole rings is 1. The molecule has 2 aliphatic rings. The largest absolute Gasteiger partial charge is 0.396 e. The molecule has 1 saturated carbocycles. The van der Waals surface area contributed by atoms with Crippen molar-refractivity contribution in [2.75, 3.05) is 20.2 Å². The SMILES string of the molecule is CN1CCc2nc(C(=O)N[C@@H]3C[C@@H](CO)CCC3NC(=O)c3cc4cc(Cl)ccc4[nH]3)sc2C1. The first-order chi connectivity index (χ1) is 16.4. The average molecular weight is 502 g/mol. The Morgan fingerprint density at radius 3 is 2.88 bits per heavy atom. The third-order valence-corrected chi connectivity index (χ3v) is 8.11. The van der Waals surface area contributed by atoms with Crippen molar-refractivity contribution in [3.05, 3.63) is 50.6 Å². The van der Waals surface area contributed by atoms with Crippen molar-refractivity contribution in [3.63, 3.8) is 0 Å². The molecule has 3 aromatic rings.